The number of anilines is 1. The molecule has 2 aromatic heterocycles. The van der Waals surface area contributed by atoms with Gasteiger partial charge >= 0.3 is 0 Å². The highest BCUT2D eigenvalue weighted by Crippen LogP contribution is 2.37. The van der Waals surface area contributed by atoms with E-state index in [0.29, 0.717) is 6.42 Å². The van der Waals surface area contributed by atoms with Crippen LogP contribution in [0, 0.1) is 0 Å². The van der Waals surface area contributed by atoms with Crippen molar-refractivity contribution in [1.29, 1.82) is 0 Å². The Morgan fingerprint density at radius 2 is 1.77 bits per heavy atom. The van der Waals surface area contributed by atoms with Gasteiger partial charge in [-0.3, -0.25) is 9.59 Å². The van der Waals surface area contributed by atoms with Crippen LogP contribution < -0.4 is 16.2 Å². The molecule has 0 radical (unpaired) electrons. The lowest BCUT2D eigenvalue weighted by Gasteiger charge is -2.27. The van der Waals surface area contributed by atoms with Crippen molar-refractivity contribution in [3.63, 3.8) is 0 Å². The first kappa shape index (κ1) is 18.3. The lowest BCUT2D eigenvalue weighted by atomic mass is 10.0. The summed E-state index contributed by atoms with van der Waals surface area (Å²) in [6.45, 7) is 0. The van der Waals surface area contributed by atoms with Crippen LogP contribution in [0.2, 0.25) is 0 Å². The molecular weight excluding hydrogens is 378 g/mol. The number of hydrogen-bond donors (Lipinski definition) is 1. The van der Waals surface area contributed by atoms with E-state index < -0.39 is 0 Å². The molecular formula is C23H21N5O2. The Kier molecular flexibility index (Phi) is 4.25. The van der Waals surface area contributed by atoms with E-state index >= 15 is 0 Å². The van der Waals surface area contributed by atoms with Crippen molar-refractivity contribution in [2.24, 2.45) is 12.8 Å². The van der Waals surface area contributed by atoms with E-state index in [4.69, 9.17) is 5.73 Å². The van der Waals surface area contributed by atoms with Crippen LogP contribution in [0.5, 0.6) is 0 Å². The molecule has 0 aliphatic carbocycles. The van der Waals surface area contributed by atoms with E-state index in [1.54, 1.807) is 35.1 Å². The van der Waals surface area contributed by atoms with Gasteiger partial charge in [-0.2, -0.15) is 5.10 Å². The van der Waals surface area contributed by atoms with Crippen LogP contribution >= 0.6 is 0 Å². The molecule has 150 valence electrons. The van der Waals surface area contributed by atoms with Gasteiger partial charge in [0.15, 0.2) is 0 Å². The van der Waals surface area contributed by atoms with Gasteiger partial charge in [-0.25, -0.2) is 4.68 Å². The third-order valence-electron chi connectivity index (χ3n) is 5.65. The van der Waals surface area contributed by atoms with Crippen LogP contribution in [0.1, 0.15) is 18.0 Å². The average molecular weight is 399 g/mol. The van der Waals surface area contributed by atoms with Gasteiger partial charge in [0, 0.05) is 42.8 Å². The van der Waals surface area contributed by atoms with Gasteiger partial charge in [0.25, 0.3) is 0 Å². The first-order chi connectivity index (χ1) is 14.5. The molecule has 7 heteroatoms. The van der Waals surface area contributed by atoms with Gasteiger partial charge in [-0.15, -0.1) is 0 Å². The van der Waals surface area contributed by atoms with Crippen molar-refractivity contribution in [2.45, 2.75) is 18.5 Å². The topological polar surface area (TPSA) is 86.2 Å². The second kappa shape index (κ2) is 6.96. The molecule has 0 saturated carbocycles. The predicted octanol–water partition coefficient (Wildman–Crippen LogP) is 2.53. The summed E-state index contributed by atoms with van der Waals surface area (Å²) in [5.41, 5.74) is 9.78. The minimum Gasteiger partial charge on any atom is -0.325 e. The fourth-order valence-corrected chi connectivity index (χ4v) is 4.19. The molecule has 5 rings (SSSR count). The second-order valence-electron chi connectivity index (χ2n) is 7.62. The molecule has 1 amide bonds. The zero-order valence-corrected chi connectivity index (χ0v) is 16.5. The molecule has 1 fully saturated rings. The first-order valence-corrected chi connectivity index (χ1v) is 9.80. The van der Waals surface area contributed by atoms with Crippen LogP contribution in [0.15, 0.2) is 77.9 Å². The third kappa shape index (κ3) is 2.91. The minimum absolute atomic E-state index is 0.0150. The maximum atomic E-state index is 12.8. The van der Waals surface area contributed by atoms with Gasteiger partial charge in [0.2, 0.25) is 11.5 Å². The van der Waals surface area contributed by atoms with E-state index in [-0.39, 0.29) is 23.6 Å². The van der Waals surface area contributed by atoms with Gasteiger partial charge < -0.3 is 15.2 Å². The summed E-state index contributed by atoms with van der Waals surface area (Å²) in [6.07, 6.45) is 3.83. The number of carbonyl (C=O) groups is 1. The van der Waals surface area contributed by atoms with Gasteiger partial charge in [0.1, 0.15) is 0 Å². The highest BCUT2D eigenvalue weighted by molar-refractivity contribution is 5.99. The Morgan fingerprint density at radius 1 is 1.00 bits per heavy atom. The fourth-order valence-electron chi connectivity index (χ4n) is 4.19. The maximum Gasteiger partial charge on any atom is 0.250 e. The van der Waals surface area contributed by atoms with E-state index in [1.807, 2.05) is 48.5 Å². The monoisotopic (exact) mass is 399 g/mol. The van der Waals surface area contributed by atoms with Crippen LogP contribution in [0.4, 0.5) is 5.69 Å². The highest BCUT2D eigenvalue weighted by atomic mass is 16.2. The standard InChI is InChI=1S/C23H21N5O2/c1-26-14-18(8-10-21(26)29)28-20-9-7-17(11-16(20)13-25-28)27-22(30)12-19(24)23(27)15-5-3-2-4-6-15/h2-11,13-14,19,23H,12,24H2,1H3. The molecule has 2 atom stereocenters. The van der Waals surface area contributed by atoms with Gasteiger partial charge in [-0.05, 0) is 29.8 Å². The highest BCUT2D eigenvalue weighted by Gasteiger charge is 2.39. The SMILES string of the molecule is Cn1cc(-n2ncc3cc(N4C(=O)CC(N)C4c4ccccc4)ccc32)ccc1=O. The summed E-state index contributed by atoms with van der Waals surface area (Å²) in [7, 11) is 1.71. The van der Waals surface area contributed by atoms with Crippen LogP contribution in [-0.4, -0.2) is 26.3 Å². The Labute approximate surface area is 173 Å². The molecule has 1 aliphatic rings. The molecule has 2 N–H and O–H groups in total. The van der Waals surface area contributed by atoms with Crippen molar-refractivity contribution in [1.82, 2.24) is 14.3 Å². The van der Waals surface area contributed by atoms with E-state index in [0.717, 1.165) is 27.8 Å². The molecule has 0 spiro atoms. The van der Waals surface area contributed by atoms with Crippen LogP contribution in [-0.2, 0) is 11.8 Å². The van der Waals surface area contributed by atoms with Crippen molar-refractivity contribution in [3.8, 4) is 5.69 Å². The molecule has 4 aromatic rings. The van der Waals surface area contributed by atoms with E-state index in [1.165, 1.54) is 10.6 Å². The molecule has 30 heavy (non-hydrogen) atoms. The van der Waals surface area contributed by atoms with Crippen molar-refractivity contribution in [2.75, 3.05) is 4.90 Å². The van der Waals surface area contributed by atoms with E-state index in [9.17, 15) is 9.59 Å². The number of rotatable bonds is 3. The predicted molar refractivity (Wildman–Crippen MR) is 116 cm³/mol. The zero-order valence-electron chi connectivity index (χ0n) is 16.5. The van der Waals surface area contributed by atoms with Crippen molar-refractivity contribution < 1.29 is 4.79 Å². The molecule has 2 aromatic carbocycles. The Bertz CT molecular complexity index is 1310. The summed E-state index contributed by atoms with van der Waals surface area (Å²) in [5.74, 6) is 0.0150. The minimum atomic E-state index is -0.260. The first-order valence-electron chi connectivity index (χ1n) is 9.80. The summed E-state index contributed by atoms with van der Waals surface area (Å²) in [5, 5.41) is 5.39. The van der Waals surface area contributed by atoms with Gasteiger partial charge in [0.05, 0.1) is 23.4 Å². The lowest BCUT2D eigenvalue weighted by molar-refractivity contribution is -0.117. The quantitative estimate of drug-likeness (QED) is 0.574. The molecule has 2 unspecified atom stereocenters. The Morgan fingerprint density at radius 3 is 2.53 bits per heavy atom. The van der Waals surface area contributed by atoms with Gasteiger partial charge in [-0.1, -0.05) is 30.3 Å². The molecule has 1 saturated heterocycles. The Balaban J connectivity index is 1.57. The van der Waals surface area contributed by atoms with Crippen molar-refractivity contribution in [3.05, 3.63) is 89.0 Å². The van der Waals surface area contributed by atoms with Crippen molar-refractivity contribution >= 4 is 22.5 Å². The number of aryl methyl sites for hydroxylation is 1. The average Bonchev–Trinajstić information content (AvgIpc) is 3.30. The number of carbonyl (C=O) groups excluding carboxylic acids is 1. The molecule has 1 aliphatic heterocycles. The number of hydrogen-bond acceptors (Lipinski definition) is 4. The molecule has 7 nitrogen and oxygen atoms in total. The zero-order chi connectivity index (χ0) is 20.8. The number of benzene rings is 2. The number of pyridine rings is 1. The summed E-state index contributed by atoms with van der Waals surface area (Å²) in [4.78, 5) is 26.3. The molecule has 3 heterocycles. The summed E-state index contributed by atoms with van der Waals surface area (Å²) < 4.78 is 3.30. The fraction of sp³-hybridized carbons (Fsp3) is 0.174. The largest absolute Gasteiger partial charge is 0.325 e. The number of amides is 1. The molecule has 0 bridgehead atoms. The number of nitrogens with zero attached hydrogens (tertiary/aromatic N) is 4. The summed E-state index contributed by atoms with van der Waals surface area (Å²) in [6, 6.07) is 18.5. The lowest BCUT2D eigenvalue weighted by Crippen LogP contribution is -2.33. The Hall–Kier alpha value is -3.71. The second-order valence-corrected chi connectivity index (χ2v) is 7.62. The van der Waals surface area contributed by atoms with Crippen LogP contribution in [0.25, 0.3) is 16.6 Å². The van der Waals surface area contributed by atoms with E-state index in [2.05, 4.69) is 5.10 Å². The normalized spacial score (nSPS) is 19.0. The number of fused-ring (bicyclic) bond motifs is 1. The third-order valence-corrected chi connectivity index (χ3v) is 5.65. The van der Waals surface area contributed by atoms with Crippen LogP contribution in [0.3, 0.4) is 0 Å². The number of nitrogens with two attached hydrogens (primary N) is 1. The summed E-state index contributed by atoms with van der Waals surface area (Å²) >= 11 is 0. The number of aromatic nitrogens is 3. The smallest absolute Gasteiger partial charge is 0.250 e. The maximum absolute atomic E-state index is 12.8.